The first-order chi connectivity index (χ1) is 9.85. The third-order valence-electron chi connectivity index (χ3n) is 4.12. The summed E-state index contributed by atoms with van der Waals surface area (Å²) in [7, 11) is 0. The Morgan fingerprint density at radius 1 is 1.00 bits per heavy atom. The standard InChI is InChI=1S/C14H24N6/c1-2-15-12-17-13(16-10-11-6-5-7-11)19-14(18-12)20-8-3-4-9-20/h11H,2-10H2,1H3,(H2,15,16,17,18,19). The first-order valence-electron chi connectivity index (χ1n) is 7.84. The third kappa shape index (κ3) is 3.11. The van der Waals surface area contributed by atoms with Crippen molar-refractivity contribution in [2.24, 2.45) is 5.92 Å². The van der Waals surface area contributed by atoms with Gasteiger partial charge in [0.1, 0.15) is 0 Å². The minimum absolute atomic E-state index is 0.681. The lowest BCUT2D eigenvalue weighted by Crippen LogP contribution is -2.25. The van der Waals surface area contributed by atoms with Crippen molar-refractivity contribution in [3.05, 3.63) is 0 Å². The van der Waals surface area contributed by atoms with Crippen molar-refractivity contribution < 1.29 is 0 Å². The maximum atomic E-state index is 4.58. The molecule has 3 rings (SSSR count). The summed E-state index contributed by atoms with van der Waals surface area (Å²) in [6.45, 7) is 5.97. The summed E-state index contributed by atoms with van der Waals surface area (Å²) < 4.78 is 0. The van der Waals surface area contributed by atoms with Crippen LogP contribution >= 0.6 is 0 Å². The Morgan fingerprint density at radius 2 is 1.70 bits per heavy atom. The summed E-state index contributed by atoms with van der Waals surface area (Å²) in [6, 6.07) is 0. The predicted octanol–water partition coefficient (Wildman–Crippen LogP) is 2.12. The second-order valence-electron chi connectivity index (χ2n) is 5.68. The Morgan fingerprint density at radius 3 is 2.30 bits per heavy atom. The molecule has 110 valence electrons. The lowest BCUT2D eigenvalue weighted by Gasteiger charge is -2.25. The number of hydrogen-bond acceptors (Lipinski definition) is 6. The van der Waals surface area contributed by atoms with Gasteiger partial charge in [-0.15, -0.1) is 0 Å². The molecule has 1 aliphatic heterocycles. The fraction of sp³-hybridized carbons (Fsp3) is 0.786. The summed E-state index contributed by atoms with van der Waals surface area (Å²) in [5, 5.41) is 6.58. The highest BCUT2D eigenvalue weighted by atomic mass is 15.3. The first kappa shape index (κ1) is 13.4. The SMILES string of the molecule is CCNc1nc(NCC2CCC2)nc(N2CCCC2)n1. The Kier molecular flexibility index (Phi) is 4.18. The highest BCUT2D eigenvalue weighted by molar-refractivity contribution is 5.44. The van der Waals surface area contributed by atoms with E-state index in [0.29, 0.717) is 11.9 Å². The number of aromatic nitrogens is 3. The molecule has 0 amide bonds. The van der Waals surface area contributed by atoms with Crippen LogP contribution in [-0.2, 0) is 0 Å². The summed E-state index contributed by atoms with van der Waals surface area (Å²) in [5.41, 5.74) is 0. The van der Waals surface area contributed by atoms with Gasteiger partial charge in [-0.25, -0.2) is 0 Å². The second-order valence-corrected chi connectivity index (χ2v) is 5.68. The van der Waals surface area contributed by atoms with Gasteiger partial charge in [-0.1, -0.05) is 6.42 Å². The molecule has 0 atom stereocenters. The van der Waals surface area contributed by atoms with E-state index in [9.17, 15) is 0 Å². The average molecular weight is 276 g/mol. The lowest BCUT2D eigenvalue weighted by molar-refractivity contribution is 0.333. The molecule has 2 aliphatic rings. The van der Waals surface area contributed by atoms with Gasteiger partial charge >= 0.3 is 0 Å². The Balaban J connectivity index is 1.72. The minimum atomic E-state index is 0.681. The van der Waals surface area contributed by atoms with Crippen LogP contribution in [0.5, 0.6) is 0 Å². The van der Waals surface area contributed by atoms with Crippen LogP contribution in [0.4, 0.5) is 17.8 Å². The fourth-order valence-electron chi connectivity index (χ4n) is 2.67. The molecule has 1 aromatic rings. The number of rotatable bonds is 6. The van der Waals surface area contributed by atoms with Crippen molar-refractivity contribution in [2.45, 2.75) is 39.0 Å². The molecule has 1 saturated heterocycles. The van der Waals surface area contributed by atoms with E-state index < -0.39 is 0 Å². The molecule has 2 heterocycles. The molecular formula is C14H24N6. The van der Waals surface area contributed by atoms with Crippen molar-refractivity contribution in [1.29, 1.82) is 0 Å². The number of hydrogen-bond donors (Lipinski definition) is 2. The topological polar surface area (TPSA) is 66.0 Å². The van der Waals surface area contributed by atoms with Crippen molar-refractivity contribution in [3.8, 4) is 0 Å². The van der Waals surface area contributed by atoms with E-state index in [1.165, 1.54) is 32.1 Å². The van der Waals surface area contributed by atoms with E-state index in [0.717, 1.165) is 38.0 Å². The fourth-order valence-corrected chi connectivity index (χ4v) is 2.67. The molecule has 20 heavy (non-hydrogen) atoms. The highest BCUT2D eigenvalue weighted by Gasteiger charge is 2.19. The van der Waals surface area contributed by atoms with E-state index in [4.69, 9.17) is 0 Å². The van der Waals surface area contributed by atoms with Crippen molar-refractivity contribution >= 4 is 17.8 Å². The molecule has 0 spiro atoms. The molecule has 1 saturated carbocycles. The molecule has 1 aromatic heterocycles. The van der Waals surface area contributed by atoms with Gasteiger partial charge in [-0.2, -0.15) is 15.0 Å². The lowest BCUT2D eigenvalue weighted by atomic mass is 9.85. The molecule has 1 aliphatic carbocycles. The maximum absolute atomic E-state index is 4.58. The smallest absolute Gasteiger partial charge is 0.231 e. The van der Waals surface area contributed by atoms with E-state index in [-0.39, 0.29) is 0 Å². The Bertz CT molecular complexity index is 439. The molecule has 0 unspecified atom stereocenters. The first-order valence-corrected chi connectivity index (χ1v) is 7.84. The Labute approximate surface area is 120 Å². The quantitative estimate of drug-likeness (QED) is 0.829. The van der Waals surface area contributed by atoms with E-state index in [1.807, 2.05) is 0 Å². The summed E-state index contributed by atoms with van der Waals surface area (Å²) in [6.07, 6.45) is 6.49. The van der Waals surface area contributed by atoms with Crippen LogP contribution in [0, 0.1) is 5.92 Å². The molecule has 6 heteroatoms. The number of nitrogens with zero attached hydrogens (tertiary/aromatic N) is 4. The van der Waals surface area contributed by atoms with Gasteiger partial charge in [-0.05, 0) is 38.5 Å². The van der Waals surface area contributed by atoms with Crippen LogP contribution in [0.25, 0.3) is 0 Å². The maximum Gasteiger partial charge on any atom is 0.231 e. The van der Waals surface area contributed by atoms with Crippen LogP contribution in [-0.4, -0.2) is 41.1 Å². The molecule has 2 N–H and O–H groups in total. The predicted molar refractivity (Wildman–Crippen MR) is 81.3 cm³/mol. The van der Waals surface area contributed by atoms with E-state index in [2.05, 4.69) is 37.4 Å². The molecule has 6 nitrogen and oxygen atoms in total. The number of anilines is 3. The highest BCUT2D eigenvalue weighted by Crippen LogP contribution is 2.26. The zero-order valence-electron chi connectivity index (χ0n) is 12.2. The number of nitrogens with one attached hydrogen (secondary N) is 2. The zero-order chi connectivity index (χ0) is 13.8. The molecule has 0 radical (unpaired) electrons. The van der Waals surface area contributed by atoms with Gasteiger partial charge in [0.15, 0.2) is 0 Å². The largest absolute Gasteiger partial charge is 0.354 e. The summed E-state index contributed by atoms with van der Waals surface area (Å²) in [4.78, 5) is 15.8. The summed E-state index contributed by atoms with van der Waals surface area (Å²) in [5.74, 6) is 3.00. The zero-order valence-corrected chi connectivity index (χ0v) is 12.2. The monoisotopic (exact) mass is 276 g/mol. The van der Waals surface area contributed by atoms with Crippen LogP contribution in [0.3, 0.4) is 0 Å². The van der Waals surface area contributed by atoms with Crippen molar-refractivity contribution in [1.82, 2.24) is 15.0 Å². The van der Waals surface area contributed by atoms with Crippen molar-refractivity contribution in [3.63, 3.8) is 0 Å². The van der Waals surface area contributed by atoms with Gasteiger partial charge in [0.05, 0.1) is 0 Å². The van der Waals surface area contributed by atoms with Crippen molar-refractivity contribution in [2.75, 3.05) is 41.7 Å². The van der Waals surface area contributed by atoms with Gasteiger partial charge in [0.25, 0.3) is 0 Å². The van der Waals surface area contributed by atoms with Crippen LogP contribution in [0.1, 0.15) is 39.0 Å². The normalized spacial score (nSPS) is 18.9. The average Bonchev–Trinajstić information content (AvgIpc) is 2.91. The molecule has 2 fully saturated rings. The van der Waals surface area contributed by atoms with Crippen LogP contribution in [0.15, 0.2) is 0 Å². The molecule has 0 bridgehead atoms. The molecular weight excluding hydrogens is 252 g/mol. The van der Waals surface area contributed by atoms with Crippen LogP contribution < -0.4 is 15.5 Å². The van der Waals surface area contributed by atoms with Crippen LogP contribution in [0.2, 0.25) is 0 Å². The second kappa shape index (κ2) is 6.24. The van der Waals surface area contributed by atoms with Gasteiger partial charge < -0.3 is 15.5 Å². The van der Waals surface area contributed by atoms with Gasteiger partial charge in [0, 0.05) is 26.2 Å². The van der Waals surface area contributed by atoms with Gasteiger partial charge in [-0.3, -0.25) is 0 Å². The van der Waals surface area contributed by atoms with E-state index >= 15 is 0 Å². The Hall–Kier alpha value is -1.59. The molecule has 0 aromatic carbocycles. The summed E-state index contributed by atoms with van der Waals surface area (Å²) >= 11 is 0. The third-order valence-corrected chi connectivity index (χ3v) is 4.12. The van der Waals surface area contributed by atoms with E-state index in [1.54, 1.807) is 0 Å². The minimum Gasteiger partial charge on any atom is -0.354 e. The van der Waals surface area contributed by atoms with Gasteiger partial charge in [0.2, 0.25) is 17.8 Å².